The number of carbonyl (C=O) groups excluding carboxylic acids is 2. The zero-order valence-electron chi connectivity index (χ0n) is 26.7. The summed E-state index contributed by atoms with van der Waals surface area (Å²) in [5, 5.41) is 3.08. The number of hydrogen-bond acceptors (Lipinski definition) is 7. The monoisotopic (exact) mass is 679 g/mol. The fourth-order valence-corrected chi connectivity index (χ4v) is 6.70. The number of nitrogens with one attached hydrogen (secondary N) is 1. The minimum absolute atomic E-state index is 0.0421. The molecule has 0 fully saturated rings. The first-order valence-electron chi connectivity index (χ1n) is 14.9. The Hall–Kier alpha value is -4.74. The van der Waals surface area contributed by atoms with Gasteiger partial charge in [-0.05, 0) is 48.4 Å². The van der Waals surface area contributed by atoms with Gasteiger partial charge in [0.05, 0.1) is 31.9 Å². The lowest BCUT2D eigenvalue weighted by Gasteiger charge is -2.34. The Labute approximate surface area is 280 Å². The van der Waals surface area contributed by atoms with Gasteiger partial charge in [-0.15, -0.1) is 0 Å². The van der Waals surface area contributed by atoms with Gasteiger partial charge in [0.15, 0.2) is 11.5 Å². The van der Waals surface area contributed by atoms with Gasteiger partial charge in [0.25, 0.3) is 10.0 Å². The molecule has 0 spiro atoms. The number of hydrogen-bond donors (Lipinski definition) is 1. The Bertz CT molecular complexity index is 1770. The number of benzene rings is 4. The molecule has 1 unspecified atom stereocenters. The molecule has 0 aliphatic heterocycles. The van der Waals surface area contributed by atoms with Crippen molar-refractivity contribution >= 4 is 39.1 Å². The smallest absolute Gasteiger partial charge is 0.265 e. The zero-order valence-corrected chi connectivity index (χ0v) is 28.3. The first-order chi connectivity index (χ1) is 22.6. The summed E-state index contributed by atoms with van der Waals surface area (Å²) in [6, 6.07) is 26.2. The molecular formula is C35H38ClN3O7S. The number of amides is 2. The van der Waals surface area contributed by atoms with Crippen LogP contribution in [0.15, 0.2) is 102 Å². The molecule has 0 saturated carbocycles. The molecule has 4 rings (SSSR count). The molecule has 0 saturated heterocycles. The van der Waals surface area contributed by atoms with E-state index in [0.29, 0.717) is 12.3 Å². The van der Waals surface area contributed by atoms with Gasteiger partial charge in [0.2, 0.25) is 11.8 Å². The lowest BCUT2D eigenvalue weighted by Crippen LogP contribution is -2.53. The van der Waals surface area contributed by atoms with Crippen molar-refractivity contribution in [2.75, 3.05) is 38.7 Å². The maximum atomic E-state index is 14.6. The average Bonchev–Trinajstić information content (AvgIpc) is 3.09. The van der Waals surface area contributed by atoms with Gasteiger partial charge in [0.1, 0.15) is 18.3 Å². The molecular weight excluding hydrogens is 642 g/mol. The van der Waals surface area contributed by atoms with Crippen LogP contribution in [0.2, 0.25) is 5.02 Å². The summed E-state index contributed by atoms with van der Waals surface area (Å²) in [5.41, 5.74) is 1.64. The predicted molar refractivity (Wildman–Crippen MR) is 182 cm³/mol. The summed E-state index contributed by atoms with van der Waals surface area (Å²) < 4.78 is 46.1. The zero-order chi connectivity index (χ0) is 34.0. The van der Waals surface area contributed by atoms with E-state index in [1.807, 2.05) is 60.7 Å². The molecule has 0 aliphatic rings. The second-order valence-corrected chi connectivity index (χ2v) is 12.8. The summed E-state index contributed by atoms with van der Waals surface area (Å²) in [6.07, 6.45) is 0.203. The van der Waals surface area contributed by atoms with Crippen molar-refractivity contribution in [3.63, 3.8) is 0 Å². The van der Waals surface area contributed by atoms with Crippen molar-refractivity contribution < 1.29 is 32.2 Å². The van der Waals surface area contributed by atoms with E-state index >= 15 is 0 Å². The molecule has 0 aliphatic carbocycles. The quantitative estimate of drug-likeness (QED) is 0.181. The second kappa shape index (κ2) is 16.2. The van der Waals surface area contributed by atoms with Crippen LogP contribution in [0.5, 0.6) is 17.2 Å². The topological polar surface area (TPSA) is 114 Å². The largest absolute Gasteiger partial charge is 0.495 e. The van der Waals surface area contributed by atoms with Gasteiger partial charge in [-0.3, -0.25) is 13.9 Å². The second-order valence-electron chi connectivity index (χ2n) is 10.5. The van der Waals surface area contributed by atoms with Gasteiger partial charge in [0, 0.05) is 30.6 Å². The number of carbonyl (C=O) groups is 2. The highest BCUT2D eigenvalue weighted by atomic mass is 35.5. The third kappa shape index (κ3) is 8.55. The third-order valence-electron chi connectivity index (χ3n) is 7.45. The lowest BCUT2D eigenvalue weighted by molar-refractivity contribution is -0.140. The number of nitrogens with zero attached hydrogens (tertiary/aromatic N) is 2. The molecule has 47 heavy (non-hydrogen) atoms. The Morgan fingerprint density at radius 1 is 0.787 bits per heavy atom. The maximum absolute atomic E-state index is 14.6. The number of ether oxygens (including phenoxy) is 3. The molecule has 12 heteroatoms. The van der Waals surface area contributed by atoms with E-state index in [9.17, 15) is 18.0 Å². The molecule has 0 bridgehead atoms. The van der Waals surface area contributed by atoms with Crippen LogP contribution in [0.25, 0.3) is 0 Å². The van der Waals surface area contributed by atoms with Crippen molar-refractivity contribution in [2.24, 2.45) is 0 Å². The standard InChI is InChI=1S/C35H38ClN3O7S/c1-5-37-35(41)30(20-25-12-8-6-9-13-25)38(23-26-14-10-7-11-15-26)34(40)24-39(29-21-27(36)16-18-31(29)44-2)47(42,43)28-17-19-32(45-3)33(22-28)46-4/h6-19,21-22,30H,5,20,23-24H2,1-4H3,(H,37,41). The van der Waals surface area contributed by atoms with Crippen LogP contribution < -0.4 is 23.8 Å². The van der Waals surface area contributed by atoms with Crippen molar-refractivity contribution in [3.8, 4) is 17.2 Å². The molecule has 0 radical (unpaired) electrons. The highest BCUT2D eigenvalue weighted by Crippen LogP contribution is 2.37. The lowest BCUT2D eigenvalue weighted by atomic mass is 10.0. The van der Waals surface area contributed by atoms with Gasteiger partial charge in [-0.1, -0.05) is 72.3 Å². The van der Waals surface area contributed by atoms with Crippen molar-refractivity contribution in [2.45, 2.75) is 30.8 Å². The molecule has 4 aromatic rings. The third-order valence-corrected chi connectivity index (χ3v) is 9.44. The van der Waals surface area contributed by atoms with E-state index in [4.69, 9.17) is 25.8 Å². The van der Waals surface area contributed by atoms with Gasteiger partial charge >= 0.3 is 0 Å². The normalized spacial score (nSPS) is 11.7. The van der Waals surface area contributed by atoms with Crippen LogP contribution in [-0.4, -0.2) is 65.6 Å². The van der Waals surface area contributed by atoms with Gasteiger partial charge in [-0.25, -0.2) is 8.42 Å². The summed E-state index contributed by atoms with van der Waals surface area (Å²) in [7, 11) is -0.241. The Morgan fingerprint density at radius 3 is 1.98 bits per heavy atom. The predicted octanol–water partition coefficient (Wildman–Crippen LogP) is 5.34. The van der Waals surface area contributed by atoms with Crippen LogP contribution in [0.1, 0.15) is 18.1 Å². The van der Waals surface area contributed by atoms with Crippen LogP contribution in [0, 0.1) is 0 Å². The molecule has 0 aromatic heterocycles. The number of halogens is 1. The number of rotatable bonds is 15. The van der Waals surface area contributed by atoms with Crippen LogP contribution in [0.3, 0.4) is 0 Å². The first-order valence-corrected chi connectivity index (χ1v) is 16.7. The Kier molecular flexibility index (Phi) is 12.1. The molecule has 4 aromatic carbocycles. The summed E-state index contributed by atoms with van der Waals surface area (Å²) in [5.74, 6) is -0.301. The van der Waals surface area contributed by atoms with E-state index in [1.54, 1.807) is 13.0 Å². The fraction of sp³-hybridized carbons (Fsp3) is 0.257. The van der Waals surface area contributed by atoms with E-state index in [1.165, 1.54) is 56.6 Å². The summed E-state index contributed by atoms with van der Waals surface area (Å²) in [4.78, 5) is 29.5. The van der Waals surface area contributed by atoms with Crippen molar-refractivity contribution in [1.82, 2.24) is 10.2 Å². The van der Waals surface area contributed by atoms with E-state index < -0.39 is 28.5 Å². The fourth-order valence-electron chi connectivity index (χ4n) is 5.10. The molecule has 1 N–H and O–H groups in total. The summed E-state index contributed by atoms with van der Waals surface area (Å²) in [6.45, 7) is 1.51. The number of methoxy groups -OCH3 is 3. The van der Waals surface area contributed by atoms with Crippen molar-refractivity contribution in [1.29, 1.82) is 0 Å². The SMILES string of the molecule is CCNC(=O)C(Cc1ccccc1)N(Cc1ccccc1)C(=O)CN(c1cc(Cl)ccc1OC)S(=O)(=O)c1ccc(OC)c(OC)c1. The van der Waals surface area contributed by atoms with E-state index in [0.717, 1.165) is 15.4 Å². The molecule has 248 valence electrons. The van der Waals surface area contributed by atoms with E-state index in [2.05, 4.69) is 5.32 Å². The van der Waals surface area contributed by atoms with Crippen LogP contribution in [0.4, 0.5) is 5.69 Å². The number of likely N-dealkylation sites (N-methyl/N-ethyl adjacent to an activating group) is 1. The maximum Gasteiger partial charge on any atom is 0.265 e. The highest BCUT2D eigenvalue weighted by Gasteiger charge is 2.36. The van der Waals surface area contributed by atoms with Crippen LogP contribution in [-0.2, 0) is 32.6 Å². The minimum Gasteiger partial charge on any atom is -0.495 e. The molecule has 2 amide bonds. The molecule has 10 nitrogen and oxygen atoms in total. The van der Waals surface area contributed by atoms with Crippen LogP contribution >= 0.6 is 11.6 Å². The highest BCUT2D eigenvalue weighted by molar-refractivity contribution is 7.92. The van der Waals surface area contributed by atoms with E-state index in [-0.39, 0.29) is 46.0 Å². The van der Waals surface area contributed by atoms with Crippen molar-refractivity contribution in [3.05, 3.63) is 113 Å². The van der Waals surface area contributed by atoms with Gasteiger partial charge in [-0.2, -0.15) is 0 Å². The molecule has 1 atom stereocenters. The first kappa shape index (κ1) is 35.1. The average molecular weight is 680 g/mol. The number of anilines is 1. The minimum atomic E-state index is -4.47. The molecule has 0 heterocycles. The van der Waals surface area contributed by atoms with Gasteiger partial charge < -0.3 is 24.4 Å². The Balaban J connectivity index is 1.86. The Morgan fingerprint density at radius 2 is 1.38 bits per heavy atom. The number of sulfonamides is 1. The summed E-state index contributed by atoms with van der Waals surface area (Å²) >= 11 is 6.36.